The van der Waals surface area contributed by atoms with Crippen molar-refractivity contribution in [3.05, 3.63) is 0 Å². The van der Waals surface area contributed by atoms with Gasteiger partial charge in [0.25, 0.3) is 36.2 Å². The van der Waals surface area contributed by atoms with Crippen molar-refractivity contribution in [1.82, 2.24) is 18.1 Å². The predicted molar refractivity (Wildman–Crippen MR) is 147 cm³/mol. The van der Waals surface area contributed by atoms with E-state index < -0.39 is 36.2 Å². The number of unbranched alkanes of at least 4 members (excludes halogenated alkanes) is 1. The van der Waals surface area contributed by atoms with Crippen molar-refractivity contribution in [2.75, 3.05) is 64.3 Å². The molecule has 0 aromatic heterocycles. The van der Waals surface area contributed by atoms with Crippen LogP contribution in [-0.4, -0.2) is 107 Å². The average Bonchev–Trinajstić information content (AvgIpc) is 2.78. The molecule has 0 aliphatic heterocycles. The monoisotopic (exact) mass is 642 g/mol. The highest BCUT2D eigenvalue weighted by molar-refractivity contribution is 8.71. The number of hydrogen-bond acceptors (Lipinski definition) is 12. The second kappa shape index (κ2) is 16.8. The molecule has 0 saturated carbocycles. The summed E-state index contributed by atoms with van der Waals surface area (Å²) in [5.74, 6) is 0. The van der Waals surface area contributed by atoms with Crippen LogP contribution in [-0.2, 0) is 36.2 Å². The maximum absolute atomic E-state index is 12.3. The Labute approximate surface area is 219 Å². The number of nitrogens with one attached hydrogen (secondary N) is 2. The number of rotatable bonds is 21. The van der Waals surface area contributed by atoms with E-state index in [1.54, 1.807) is 0 Å². The third-order valence-electron chi connectivity index (χ3n) is 4.28. The Bertz CT molecular complexity index is 920. The first-order valence-corrected chi connectivity index (χ1v) is 22.7. The molecule has 0 atom stereocenters. The van der Waals surface area contributed by atoms with E-state index in [1.807, 2.05) is 0 Å². The summed E-state index contributed by atoms with van der Waals surface area (Å²) in [6, 6.07) is 0. The first kappa shape index (κ1) is 35.0. The molecule has 0 saturated heterocycles. The van der Waals surface area contributed by atoms with Crippen LogP contribution in [0.3, 0.4) is 0 Å². The second-order valence-electron chi connectivity index (χ2n) is 6.49. The SMILES string of the molecule is CSS(=O)(=O)NCCCN(CCCCN(CCCNS(=O)(=O)SC)S(=O)(=O)SC)S(=O)(=O)SC. The van der Waals surface area contributed by atoms with E-state index in [2.05, 4.69) is 9.44 Å². The van der Waals surface area contributed by atoms with E-state index in [0.717, 1.165) is 0 Å². The highest BCUT2D eigenvalue weighted by Crippen LogP contribution is 2.18. The maximum Gasteiger partial charge on any atom is 0.267 e. The Kier molecular flexibility index (Phi) is 17.3. The largest absolute Gasteiger partial charge is 0.267 e. The van der Waals surface area contributed by atoms with Gasteiger partial charge in [0.05, 0.1) is 0 Å². The third kappa shape index (κ3) is 14.7. The fourth-order valence-corrected chi connectivity index (χ4v) is 8.70. The van der Waals surface area contributed by atoms with Crippen molar-refractivity contribution < 1.29 is 33.7 Å². The molecular weight excluding hydrogens is 609 g/mol. The lowest BCUT2D eigenvalue weighted by atomic mass is 10.3. The molecule has 0 rings (SSSR count). The van der Waals surface area contributed by atoms with Crippen LogP contribution in [0.15, 0.2) is 0 Å². The van der Waals surface area contributed by atoms with E-state index >= 15 is 0 Å². The summed E-state index contributed by atoms with van der Waals surface area (Å²) in [6.07, 6.45) is 7.11. The van der Waals surface area contributed by atoms with Crippen molar-refractivity contribution >= 4 is 79.4 Å². The van der Waals surface area contributed by atoms with Crippen LogP contribution >= 0.6 is 43.2 Å². The second-order valence-corrected chi connectivity index (χ2v) is 22.1. The molecule has 0 aromatic rings. The van der Waals surface area contributed by atoms with Gasteiger partial charge in [-0.1, -0.05) is 0 Å². The summed E-state index contributed by atoms with van der Waals surface area (Å²) < 4.78 is 102. The molecule has 0 aromatic carbocycles. The summed E-state index contributed by atoms with van der Waals surface area (Å²) in [4.78, 5) is 0. The van der Waals surface area contributed by atoms with Crippen LogP contribution in [0.25, 0.3) is 0 Å². The zero-order chi connectivity index (χ0) is 26.5. The molecule has 0 amide bonds. The quantitative estimate of drug-likeness (QED) is 0.133. The Morgan fingerprint density at radius 3 is 1.06 bits per heavy atom. The van der Waals surface area contributed by atoms with Crippen molar-refractivity contribution in [3.63, 3.8) is 0 Å². The summed E-state index contributed by atoms with van der Waals surface area (Å²) in [5, 5.41) is 0. The van der Waals surface area contributed by atoms with Gasteiger partial charge in [0.15, 0.2) is 0 Å². The Hall–Kier alpha value is 1.04. The van der Waals surface area contributed by atoms with Crippen molar-refractivity contribution in [2.24, 2.45) is 0 Å². The molecule has 0 spiro atoms. The zero-order valence-electron chi connectivity index (χ0n) is 19.5. The van der Waals surface area contributed by atoms with Gasteiger partial charge in [-0.15, -0.1) is 0 Å². The number of hydrogen-bond donors (Lipinski definition) is 2. The molecule has 12 nitrogen and oxygen atoms in total. The van der Waals surface area contributed by atoms with Gasteiger partial charge in [-0.2, -0.15) is 8.61 Å². The topological polar surface area (TPSA) is 167 Å². The molecule has 0 aliphatic rings. The fraction of sp³-hybridized carbons (Fsp3) is 1.00. The summed E-state index contributed by atoms with van der Waals surface area (Å²) in [7, 11) is -11.4. The van der Waals surface area contributed by atoms with Gasteiger partial charge in [-0.05, 0) is 93.9 Å². The zero-order valence-corrected chi connectivity index (χ0v) is 26.0. The number of nitrogens with zero attached hydrogens (tertiary/aromatic N) is 2. The molecule has 0 bridgehead atoms. The summed E-state index contributed by atoms with van der Waals surface area (Å²) in [6.45, 7) is 0.788. The lowest BCUT2D eigenvalue weighted by Crippen LogP contribution is -2.35. The van der Waals surface area contributed by atoms with E-state index in [9.17, 15) is 33.7 Å². The van der Waals surface area contributed by atoms with Gasteiger partial charge < -0.3 is 0 Å². The molecule has 0 aliphatic carbocycles. The van der Waals surface area contributed by atoms with E-state index in [4.69, 9.17) is 0 Å². The first-order valence-electron chi connectivity index (χ1n) is 9.88. The molecule has 0 fully saturated rings. The molecule has 0 radical (unpaired) electrons. The normalized spacial score (nSPS) is 13.7. The van der Waals surface area contributed by atoms with Gasteiger partial charge in [0.1, 0.15) is 0 Å². The summed E-state index contributed by atoms with van der Waals surface area (Å²) in [5.41, 5.74) is 0. The summed E-state index contributed by atoms with van der Waals surface area (Å²) >= 11 is 0. The van der Waals surface area contributed by atoms with Crippen molar-refractivity contribution in [2.45, 2.75) is 25.7 Å². The van der Waals surface area contributed by atoms with Crippen molar-refractivity contribution in [3.8, 4) is 0 Å². The minimum Gasteiger partial charge on any atom is -0.206 e. The molecule has 34 heavy (non-hydrogen) atoms. The first-order chi connectivity index (χ1) is 15.7. The third-order valence-corrected chi connectivity index (χ3v) is 16.2. The molecule has 0 heterocycles. The smallest absolute Gasteiger partial charge is 0.206 e. The van der Waals surface area contributed by atoms with Gasteiger partial charge in [0, 0.05) is 39.3 Å². The van der Waals surface area contributed by atoms with E-state index in [0.29, 0.717) is 68.9 Å². The van der Waals surface area contributed by atoms with Crippen LogP contribution in [0, 0.1) is 0 Å². The molecule has 0 unspecified atom stereocenters. The van der Waals surface area contributed by atoms with E-state index in [1.165, 1.54) is 33.6 Å². The average molecular weight is 643 g/mol. The van der Waals surface area contributed by atoms with Gasteiger partial charge in [0.2, 0.25) is 0 Å². The van der Waals surface area contributed by atoms with Gasteiger partial charge in [-0.25, -0.2) is 43.1 Å². The maximum atomic E-state index is 12.3. The molecule has 2 N–H and O–H groups in total. The Morgan fingerprint density at radius 1 is 0.500 bits per heavy atom. The minimum atomic E-state index is -3.59. The van der Waals surface area contributed by atoms with Crippen LogP contribution in [0.4, 0.5) is 0 Å². The van der Waals surface area contributed by atoms with E-state index in [-0.39, 0.29) is 39.3 Å². The van der Waals surface area contributed by atoms with Gasteiger partial charge in [-0.3, -0.25) is 0 Å². The Morgan fingerprint density at radius 2 is 0.794 bits per heavy atom. The van der Waals surface area contributed by atoms with Gasteiger partial charge >= 0.3 is 0 Å². The van der Waals surface area contributed by atoms with Crippen LogP contribution in [0.2, 0.25) is 0 Å². The Balaban J connectivity index is 4.82. The predicted octanol–water partition coefficient (Wildman–Crippen LogP) is 0.761. The highest BCUT2D eigenvalue weighted by Gasteiger charge is 2.23. The van der Waals surface area contributed by atoms with Crippen LogP contribution in [0.1, 0.15) is 25.7 Å². The lowest BCUT2D eigenvalue weighted by molar-refractivity contribution is 0.371. The molecule has 20 heteroatoms. The van der Waals surface area contributed by atoms with Crippen LogP contribution < -0.4 is 9.44 Å². The highest BCUT2D eigenvalue weighted by atomic mass is 33.2. The standard InChI is InChI=1S/C14H34N4O8S8/c1-27-31(19,20)15-9-7-13-17(33(23,24)29-3)11-5-6-12-18(34(25,26)30-4)14-8-10-16-32(21,22)28-2/h15-16H,5-14H2,1-4H3. The fourth-order valence-electron chi connectivity index (χ4n) is 2.48. The molecule has 206 valence electrons. The minimum absolute atomic E-state index is 0.101. The van der Waals surface area contributed by atoms with Crippen LogP contribution in [0.5, 0.6) is 0 Å². The lowest BCUT2D eigenvalue weighted by Gasteiger charge is -2.23. The molecular formula is C14H34N4O8S8. The van der Waals surface area contributed by atoms with Crippen molar-refractivity contribution in [1.29, 1.82) is 0 Å².